The van der Waals surface area contributed by atoms with E-state index in [1.807, 2.05) is 0 Å². The molecule has 0 aliphatic rings. The van der Waals surface area contributed by atoms with Crippen LogP contribution in [-0.2, 0) is 24.0 Å². The molecule has 0 spiro atoms. The molecule has 182 valence electrons. The smallest absolute Gasteiger partial charge is 0.326 e. The molecule has 0 aromatic heterocycles. The fourth-order valence-electron chi connectivity index (χ4n) is 2.62. The summed E-state index contributed by atoms with van der Waals surface area (Å²) in [7, 11) is 0. The summed E-state index contributed by atoms with van der Waals surface area (Å²) in [5.41, 5.74) is 20.8. The van der Waals surface area contributed by atoms with Gasteiger partial charge in [-0.05, 0) is 25.2 Å². The maximum atomic E-state index is 12.7. The third-order valence-corrected chi connectivity index (χ3v) is 4.32. The van der Waals surface area contributed by atoms with Crippen LogP contribution < -0.4 is 38.9 Å². The lowest BCUT2D eigenvalue weighted by Crippen LogP contribution is -2.57. The largest absolute Gasteiger partial charge is 0.480 e. The number of hydrogen-bond donors (Lipinski definition) is 8. The van der Waals surface area contributed by atoms with Gasteiger partial charge in [0.1, 0.15) is 18.1 Å². The fourth-order valence-corrected chi connectivity index (χ4v) is 2.62. The number of hydrogen-bond acceptors (Lipinski definition) is 7. The molecule has 12 N–H and O–H groups in total. The molecule has 32 heavy (non-hydrogen) atoms. The van der Waals surface area contributed by atoms with Gasteiger partial charge in [0.2, 0.25) is 23.6 Å². The van der Waals surface area contributed by atoms with Crippen LogP contribution in [0.3, 0.4) is 0 Å². The molecule has 0 fully saturated rings. The Balaban J connectivity index is 5.34. The molecule has 0 aliphatic carbocycles. The molecule has 0 aromatic rings. The van der Waals surface area contributed by atoms with Gasteiger partial charge in [-0.25, -0.2) is 4.79 Å². The molecule has 0 rings (SSSR count). The summed E-state index contributed by atoms with van der Waals surface area (Å²) in [5.74, 6) is -4.56. The summed E-state index contributed by atoms with van der Waals surface area (Å²) in [6.45, 7) is 3.19. The SMILES string of the molecule is CC(C)C(NC(=O)CN)C(=O)NC(CCC(N)=O)C(=O)NC(CCCN=C(N)N)C(=O)O. The quantitative estimate of drug-likeness (QED) is 0.0685. The zero-order chi connectivity index (χ0) is 24.8. The van der Waals surface area contributed by atoms with Crippen LogP contribution in [0.5, 0.6) is 0 Å². The summed E-state index contributed by atoms with van der Waals surface area (Å²) >= 11 is 0. The van der Waals surface area contributed by atoms with Crippen molar-refractivity contribution in [3.05, 3.63) is 0 Å². The Morgan fingerprint density at radius 1 is 0.906 bits per heavy atom. The predicted molar refractivity (Wildman–Crippen MR) is 116 cm³/mol. The van der Waals surface area contributed by atoms with E-state index in [1.165, 1.54) is 0 Å². The molecule has 0 bridgehead atoms. The third kappa shape index (κ3) is 11.7. The molecule has 14 nitrogen and oxygen atoms in total. The number of aliphatic carboxylic acids is 1. The van der Waals surface area contributed by atoms with Crippen LogP contribution in [0.15, 0.2) is 4.99 Å². The van der Waals surface area contributed by atoms with Crippen molar-refractivity contribution in [1.29, 1.82) is 0 Å². The molecule has 3 atom stereocenters. The molecule has 4 amide bonds. The first kappa shape index (κ1) is 28.6. The van der Waals surface area contributed by atoms with E-state index in [0.717, 1.165) is 0 Å². The Hall–Kier alpha value is -3.42. The summed E-state index contributed by atoms with van der Waals surface area (Å²) in [6, 6.07) is -3.53. The standard InChI is InChI=1S/C18H34N8O6/c1-9(2)14(26-13(28)8-19)16(30)24-10(5-6-12(20)27)15(29)25-11(17(31)32)4-3-7-23-18(21)22/h9-11,14H,3-8,19H2,1-2H3,(H2,20,27)(H,24,30)(H,25,29)(H,26,28)(H,31,32)(H4,21,22,23). The van der Waals surface area contributed by atoms with Gasteiger partial charge in [-0.2, -0.15) is 0 Å². The van der Waals surface area contributed by atoms with Gasteiger partial charge in [-0.15, -0.1) is 0 Å². The Morgan fingerprint density at radius 2 is 1.50 bits per heavy atom. The topological polar surface area (TPSA) is 258 Å². The molecule has 0 saturated carbocycles. The average Bonchev–Trinajstić information content (AvgIpc) is 2.69. The van der Waals surface area contributed by atoms with E-state index in [0.29, 0.717) is 0 Å². The Kier molecular flexibility index (Phi) is 13.0. The first-order valence-electron chi connectivity index (χ1n) is 10.1. The number of carboxylic acids is 1. The normalized spacial score (nSPS) is 13.4. The van der Waals surface area contributed by atoms with E-state index >= 15 is 0 Å². The van der Waals surface area contributed by atoms with Crippen LogP contribution in [-0.4, -0.2) is 71.9 Å². The molecule has 0 saturated heterocycles. The van der Waals surface area contributed by atoms with Gasteiger partial charge in [-0.3, -0.25) is 24.2 Å². The highest BCUT2D eigenvalue weighted by molar-refractivity contribution is 5.94. The number of nitrogens with two attached hydrogens (primary N) is 4. The molecule has 0 aromatic carbocycles. The molecule has 0 radical (unpaired) electrons. The lowest BCUT2D eigenvalue weighted by atomic mass is 10.0. The van der Waals surface area contributed by atoms with Crippen LogP contribution in [0.2, 0.25) is 0 Å². The van der Waals surface area contributed by atoms with Crippen LogP contribution in [0.25, 0.3) is 0 Å². The van der Waals surface area contributed by atoms with E-state index < -0.39 is 47.7 Å². The van der Waals surface area contributed by atoms with E-state index in [1.54, 1.807) is 13.8 Å². The Labute approximate surface area is 185 Å². The van der Waals surface area contributed by atoms with Crippen molar-refractivity contribution in [3.8, 4) is 0 Å². The third-order valence-electron chi connectivity index (χ3n) is 4.32. The van der Waals surface area contributed by atoms with Gasteiger partial charge in [-0.1, -0.05) is 13.8 Å². The van der Waals surface area contributed by atoms with Crippen molar-refractivity contribution in [2.24, 2.45) is 33.8 Å². The van der Waals surface area contributed by atoms with Crippen molar-refractivity contribution in [2.45, 2.75) is 57.7 Å². The summed E-state index contributed by atoms with van der Waals surface area (Å²) in [6.07, 6.45) is -0.103. The monoisotopic (exact) mass is 458 g/mol. The van der Waals surface area contributed by atoms with Crippen molar-refractivity contribution >= 4 is 35.6 Å². The second kappa shape index (κ2) is 14.6. The number of guanidine groups is 1. The molecule has 14 heteroatoms. The van der Waals surface area contributed by atoms with Gasteiger partial charge in [0.25, 0.3) is 0 Å². The van der Waals surface area contributed by atoms with Crippen molar-refractivity contribution in [2.75, 3.05) is 13.1 Å². The highest BCUT2D eigenvalue weighted by atomic mass is 16.4. The first-order chi connectivity index (χ1) is 14.9. The van der Waals surface area contributed by atoms with E-state index in [2.05, 4.69) is 20.9 Å². The number of carbonyl (C=O) groups excluding carboxylic acids is 4. The maximum Gasteiger partial charge on any atom is 0.326 e. The zero-order valence-corrected chi connectivity index (χ0v) is 18.3. The molecule has 3 unspecified atom stereocenters. The lowest BCUT2D eigenvalue weighted by Gasteiger charge is -2.26. The number of nitrogens with one attached hydrogen (secondary N) is 3. The Bertz CT molecular complexity index is 708. The summed E-state index contributed by atoms with van der Waals surface area (Å²) in [4.78, 5) is 63.4. The average molecular weight is 459 g/mol. The molecular formula is C18H34N8O6. The maximum absolute atomic E-state index is 12.7. The second-order valence-corrected chi connectivity index (χ2v) is 7.41. The summed E-state index contributed by atoms with van der Waals surface area (Å²) in [5, 5.41) is 16.6. The van der Waals surface area contributed by atoms with Gasteiger partial charge < -0.3 is 44.0 Å². The van der Waals surface area contributed by atoms with E-state index in [4.69, 9.17) is 22.9 Å². The van der Waals surface area contributed by atoms with Crippen molar-refractivity contribution in [3.63, 3.8) is 0 Å². The number of aliphatic imine (C=N–C) groups is 1. The Morgan fingerprint density at radius 3 is 1.97 bits per heavy atom. The number of carbonyl (C=O) groups is 5. The fraction of sp³-hybridized carbons (Fsp3) is 0.667. The van der Waals surface area contributed by atoms with Crippen molar-refractivity contribution < 1.29 is 29.1 Å². The molecule has 0 heterocycles. The number of nitrogens with zero attached hydrogens (tertiary/aromatic N) is 1. The van der Waals surface area contributed by atoms with Gasteiger partial charge >= 0.3 is 5.97 Å². The summed E-state index contributed by atoms with van der Waals surface area (Å²) < 4.78 is 0. The number of primary amides is 1. The van der Waals surface area contributed by atoms with E-state index in [-0.39, 0.29) is 50.7 Å². The minimum absolute atomic E-state index is 0.0233. The van der Waals surface area contributed by atoms with Crippen LogP contribution >= 0.6 is 0 Å². The van der Waals surface area contributed by atoms with Crippen LogP contribution in [0.4, 0.5) is 0 Å². The van der Waals surface area contributed by atoms with Crippen molar-refractivity contribution in [1.82, 2.24) is 16.0 Å². The number of amides is 4. The zero-order valence-electron chi connectivity index (χ0n) is 18.3. The second-order valence-electron chi connectivity index (χ2n) is 7.41. The number of carboxylic acid groups (broad SMARTS) is 1. The highest BCUT2D eigenvalue weighted by Crippen LogP contribution is 2.06. The minimum atomic E-state index is -1.29. The first-order valence-corrected chi connectivity index (χ1v) is 10.1. The predicted octanol–water partition coefficient (Wildman–Crippen LogP) is -3.54. The molecular weight excluding hydrogens is 424 g/mol. The number of rotatable bonds is 15. The minimum Gasteiger partial charge on any atom is -0.480 e. The van der Waals surface area contributed by atoms with Crippen LogP contribution in [0, 0.1) is 5.92 Å². The lowest BCUT2D eigenvalue weighted by molar-refractivity contribution is -0.142. The van der Waals surface area contributed by atoms with E-state index in [9.17, 15) is 29.1 Å². The van der Waals surface area contributed by atoms with Crippen LogP contribution in [0.1, 0.15) is 39.5 Å². The molecule has 0 aliphatic heterocycles. The van der Waals surface area contributed by atoms with Gasteiger partial charge in [0.15, 0.2) is 5.96 Å². The van der Waals surface area contributed by atoms with Gasteiger partial charge in [0, 0.05) is 13.0 Å². The highest BCUT2D eigenvalue weighted by Gasteiger charge is 2.30. The van der Waals surface area contributed by atoms with Gasteiger partial charge in [0.05, 0.1) is 6.54 Å².